The lowest BCUT2D eigenvalue weighted by Gasteiger charge is -2.45. The fraction of sp³-hybridized carbons (Fsp3) is 0.238. The van der Waals surface area contributed by atoms with Gasteiger partial charge in [0.05, 0.1) is 40.3 Å². The summed E-state index contributed by atoms with van der Waals surface area (Å²) in [6.45, 7) is 0.328. The van der Waals surface area contributed by atoms with Gasteiger partial charge < -0.3 is 20.9 Å². The van der Waals surface area contributed by atoms with E-state index in [-0.39, 0.29) is 17.3 Å². The van der Waals surface area contributed by atoms with Gasteiger partial charge in [-0.25, -0.2) is 14.2 Å². The van der Waals surface area contributed by atoms with E-state index in [0.29, 0.717) is 23.4 Å². The number of aromatic nitrogens is 3. The number of nitriles is 1. The van der Waals surface area contributed by atoms with E-state index in [0.717, 1.165) is 18.2 Å². The fourth-order valence-corrected chi connectivity index (χ4v) is 3.54. The Morgan fingerprint density at radius 3 is 2.60 bits per heavy atom. The van der Waals surface area contributed by atoms with Crippen LogP contribution in [0, 0.1) is 17.1 Å². The number of nitrogens with zero attached hydrogens (tertiary/aromatic N) is 4. The third-order valence-corrected chi connectivity index (χ3v) is 5.27. The van der Waals surface area contributed by atoms with E-state index >= 15 is 0 Å². The van der Waals surface area contributed by atoms with Gasteiger partial charge in [0.15, 0.2) is 11.6 Å². The molecule has 0 aliphatic heterocycles. The highest BCUT2D eigenvalue weighted by Crippen LogP contribution is 2.43. The number of hydrogen-bond acceptors (Lipinski definition) is 7. The average Bonchev–Trinajstić information content (AvgIpc) is 3.09. The zero-order chi connectivity index (χ0) is 26.1. The summed E-state index contributed by atoms with van der Waals surface area (Å²) in [6, 6.07) is 6.17. The maximum Gasteiger partial charge on any atom is 0.336 e. The highest BCUT2D eigenvalue weighted by atomic mass is 19.1. The largest absolute Gasteiger partial charge is 0.491 e. The summed E-state index contributed by atoms with van der Waals surface area (Å²) in [5.41, 5.74) is 4.21. The second-order valence-corrected chi connectivity index (χ2v) is 7.81. The molecule has 0 saturated heterocycles. The standard InChI is InChI=1S/C21H17B4FN6O3/c1-29-9-14-17(15(7-27)32(2)31-14)10-5-16(18(28)30-8-10)35-20(22,21(23,24)25)13-6-11(26)3-4-12(13)19(33)34/h3-6,8,29H,9H2,1-2H3,(H2,28,30)(H,33,34). The van der Waals surface area contributed by atoms with Crippen LogP contribution in [0.1, 0.15) is 27.3 Å². The Bertz CT molecular complexity index is 1340. The van der Waals surface area contributed by atoms with Gasteiger partial charge in [-0.3, -0.25) is 4.68 Å². The summed E-state index contributed by atoms with van der Waals surface area (Å²) in [7, 11) is 27.3. The number of nitrogen functional groups attached to an aromatic ring is 1. The lowest BCUT2D eigenvalue weighted by atomic mass is 9.31. The van der Waals surface area contributed by atoms with E-state index in [9.17, 15) is 19.6 Å². The molecule has 0 aliphatic carbocycles. The molecular formula is C21H17B4FN6O3. The number of hydrogen-bond donors (Lipinski definition) is 3. The Morgan fingerprint density at radius 2 is 2.03 bits per heavy atom. The maximum absolute atomic E-state index is 14.1. The van der Waals surface area contributed by atoms with Gasteiger partial charge in [0.2, 0.25) is 0 Å². The number of rotatable bonds is 8. The van der Waals surface area contributed by atoms with Crippen molar-refractivity contribution in [3.05, 3.63) is 58.8 Å². The molecule has 168 valence electrons. The van der Waals surface area contributed by atoms with Gasteiger partial charge in [0.25, 0.3) is 0 Å². The van der Waals surface area contributed by atoms with Crippen LogP contribution in [-0.4, -0.2) is 64.3 Å². The summed E-state index contributed by atoms with van der Waals surface area (Å²) < 4.78 is 21.4. The summed E-state index contributed by atoms with van der Waals surface area (Å²) in [6.07, 6.45) is 1.39. The lowest BCUT2D eigenvalue weighted by molar-refractivity contribution is 0.0687. The van der Waals surface area contributed by atoms with Crippen LogP contribution < -0.4 is 15.8 Å². The van der Waals surface area contributed by atoms with Crippen molar-refractivity contribution >= 4 is 43.2 Å². The monoisotopic (exact) mass is 464 g/mol. The molecule has 0 bridgehead atoms. The Morgan fingerprint density at radius 1 is 1.34 bits per heavy atom. The van der Waals surface area contributed by atoms with Gasteiger partial charge in [-0.1, -0.05) is 5.11 Å². The number of benzene rings is 1. The first kappa shape index (κ1) is 25.9. The average molecular weight is 464 g/mol. The van der Waals surface area contributed by atoms with E-state index in [1.54, 1.807) is 14.1 Å². The number of carbonyl (C=O) groups is 1. The van der Waals surface area contributed by atoms with E-state index in [1.165, 1.54) is 16.9 Å². The first-order chi connectivity index (χ1) is 16.3. The first-order valence-corrected chi connectivity index (χ1v) is 10.1. The fourth-order valence-electron chi connectivity index (χ4n) is 3.54. The van der Waals surface area contributed by atoms with Crippen LogP contribution in [0.2, 0.25) is 5.11 Å². The molecule has 0 amide bonds. The van der Waals surface area contributed by atoms with Crippen LogP contribution in [-0.2, 0) is 19.1 Å². The number of carboxylic acid groups (broad SMARTS) is 1. The van der Waals surface area contributed by atoms with Crippen molar-refractivity contribution in [2.45, 2.75) is 17.2 Å². The molecule has 3 aromatic rings. The molecule has 1 aromatic carbocycles. The number of nitrogens with two attached hydrogens (primary N) is 1. The molecular weight excluding hydrogens is 447 g/mol. The van der Waals surface area contributed by atoms with Gasteiger partial charge in [-0.15, -0.1) is 0 Å². The lowest BCUT2D eigenvalue weighted by Crippen LogP contribution is -2.48. The van der Waals surface area contributed by atoms with Crippen molar-refractivity contribution in [2.24, 2.45) is 7.05 Å². The topological polar surface area (TPSA) is 139 Å². The minimum absolute atomic E-state index is 0.182. The molecule has 1 unspecified atom stereocenters. The van der Waals surface area contributed by atoms with Gasteiger partial charge >= 0.3 is 5.97 Å². The normalized spacial score (nSPS) is 13.1. The molecule has 35 heavy (non-hydrogen) atoms. The van der Waals surface area contributed by atoms with Crippen molar-refractivity contribution in [1.82, 2.24) is 20.1 Å². The van der Waals surface area contributed by atoms with Gasteiger partial charge in [0.1, 0.15) is 25.4 Å². The van der Waals surface area contributed by atoms with Crippen LogP contribution in [0.25, 0.3) is 11.1 Å². The smallest absolute Gasteiger partial charge is 0.336 e. The number of pyridine rings is 1. The third-order valence-electron chi connectivity index (χ3n) is 5.27. The number of nitrogens with one attached hydrogen (secondary N) is 1. The molecule has 4 N–H and O–H groups in total. The Hall–Kier alpha value is -3.71. The zero-order valence-electron chi connectivity index (χ0n) is 18.9. The minimum atomic E-state index is -2.49. The first-order valence-electron chi connectivity index (χ1n) is 10.1. The van der Waals surface area contributed by atoms with E-state index < -0.39 is 33.5 Å². The van der Waals surface area contributed by atoms with Crippen molar-refractivity contribution in [3.8, 4) is 22.9 Å². The second kappa shape index (κ2) is 9.50. The highest BCUT2D eigenvalue weighted by Gasteiger charge is 2.42. The number of carboxylic acids is 1. The summed E-state index contributed by atoms with van der Waals surface area (Å²) in [4.78, 5) is 15.9. The molecule has 8 radical (unpaired) electrons. The van der Waals surface area contributed by atoms with Crippen molar-refractivity contribution in [1.29, 1.82) is 5.26 Å². The Kier molecular flexibility index (Phi) is 7.03. The molecule has 14 heteroatoms. The van der Waals surface area contributed by atoms with Crippen LogP contribution in [0.4, 0.5) is 10.2 Å². The highest BCUT2D eigenvalue weighted by molar-refractivity contribution is 6.62. The summed E-state index contributed by atoms with van der Waals surface area (Å²) in [5.74, 6) is -2.66. The van der Waals surface area contributed by atoms with E-state index in [1.807, 2.05) is 0 Å². The molecule has 1 atom stereocenters. The van der Waals surface area contributed by atoms with E-state index in [2.05, 4.69) is 21.5 Å². The number of ether oxygens (including phenoxy) is 1. The van der Waals surface area contributed by atoms with Crippen LogP contribution >= 0.6 is 0 Å². The van der Waals surface area contributed by atoms with Crippen LogP contribution in [0.3, 0.4) is 0 Å². The molecule has 0 fully saturated rings. The molecule has 3 rings (SSSR count). The molecule has 9 nitrogen and oxygen atoms in total. The van der Waals surface area contributed by atoms with Crippen LogP contribution in [0.5, 0.6) is 5.75 Å². The number of anilines is 1. The molecule has 2 heterocycles. The summed E-state index contributed by atoms with van der Waals surface area (Å²) in [5, 5.41) is 24.1. The van der Waals surface area contributed by atoms with Crippen molar-refractivity contribution < 1.29 is 19.0 Å². The van der Waals surface area contributed by atoms with Crippen molar-refractivity contribution in [2.75, 3.05) is 12.8 Å². The molecule has 0 aliphatic rings. The van der Waals surface area contributed by atoms with E-state index in [4.69, 9.17) is 41.9 Å². The number of halogens is 1. The Balaban J connectivity index is 2.22. The van der Waals surface area contributed by atoms with Crippen LogP contribution in [0.15, 0.2) is 30.5 Å². The van der Waals surface area contributed by atoms with Crippen molar-refractivity contribution in [3.63, 3.8) is 0 Å². The summed E-state index contributed by atoms with van der Waals surface area (Å²) >= 11 is 0. The zero-order valence-corrected chi connectivity index (χ0v) is 18.9. The molecule has 0 spiro atoms. The Labute approximate surface area is 206 Å². The predicted molar refractivity (Wildman–Crippen MR) is 130 cm³/mol. The molecule has 2 aromatic heterocycles. The molecule has 0 saturated carbocycles. The minimum Gasteiger partial charge on any atom is -0.491 e. The second-order valence-electron chi connectivity index (χ2n) is 7.81. The number of aryl methyl sites for hydroxylation is 1. The van der Waals surface area contributed by atoms with Gasteiger partial charge in [0, 0.05) is 36.5 Å². The number of aromatic carboxylic acids is 1. The van der Waals surface area contributed by atoms with Gasteiger partial charge in [-0.2, -0.15) is 10.4 Å². The predicted octanol–water partition coefficient (Wildman–Crippen LogP) is 0.472. The van der Waals surface area contributed by atoms with Gasteiger partial charge in [-0.05, 0) is 31.3 Å². The maximum atomic E-state index is 14.1. The third kappa shape index (κ3) is 4.77. The quantitative estimate of drug-likeness (QED) is 0.410. The SMILES string of the molecule is [B]C([B])([B])C([B])(Oc1cc(-c2c(CNC)nn(C)c2C#N)cnc1N)c1cc(F)ccc1C(=O)O.